The predicted molar refractivity (Wildman–Crippen MR) is 38.6 cm³/mol. The minimum atomic E-state index is 0.604. The molecule has 1 aromatic rings. The molecule has 1 heterocycles. The first-order valence-corrected chi connectivity index (χ1v) is 3.33. The molecule has 0 atom stereocenters. The molecule has 0 aliphatic carbocycles. The summed E-state index contributed by atoms with van der Waals surface area (Å²) in [6, 6.07) is 0. The molecule has 0 amide bonds. The van der Waals surface area contributed by atoms with E-state index in [2.05, 4.69) is 20.9 Å². The summed E-state index contributed by atoms with van der Waals surface area (Å²) in [6.07, 6.45) is 2.57. The van der Waals surface area contributed by atoms with E-state index in [4.69, 9.17) is 0 Å². The van der Waals surface area contributed by atoms with Crippen LogP contribution in [0.5, 0.6) is 0 Å². The minimum Gasteiger partial charge on any atom is -0.358 e. The highest BCUT2D eigenvalue weighted by Gasteiger charge is 2.01. The second-order valence-corrected chi connectivity index (χ2v) is 2.61. The number of carbonyl (C=O) groups is 1. The van der Waals surface area contributed by atoms with Crippen molar-refractivity contribution in [1.29, 1.82) is 0 Å². The van der Waals surface area contributed by atoms with E-state index < -0.39 is 0 Å². The summed E-state index contributed by atoms with van der Waals surface area (Å²) in [5.41, 5.74) is 1.66. The monoisotopic (exact) mass is 187 g/mol. The molecule has 0 bridgehead atoms. The van der Waals surface area contributed by atoms with Crippen LogP contribution in [0, 0.1) is 6.92 Å². The summed E-state index contributed by atoms with van der Waals surface area (Å²) in [7, 11) is 0. The van der Waals surface area contributed by atoms with Gasteiger partial charge in [0, 0.05) is 10.7 Å². The molecule has 3 heteroatoms. The van der Waals surface area contributed by atoms with Crippen molar-refractivity contribution < 1.29 is 4.79 Å². The Morgan fingerprint density at radius 2 is 2.44 bits per heavy atom. The highest BCUT2D eigenvalue weighted by Crippen LogP contribution is 2.17. The fraction of sp³-hybridized carbons (Fsp3) is 0.167. The summed E-state index contributed by atoms with van der Waals surface area (Å²) >= 11 is 3.25. The molecule has 48 valence electrons. The number of hydrogen-bond donors (Lipinski definition) is 1. The molecular weight excluding hydrogens is 182 g/mol. The Bertz CT molecular complexity index is 229. The summed E-state index contributed by atoms with van der Waals surface area (Å²) < 4.78 is 0.859. The second kappa shape index (κ2) is 2.35. The van der Waals surface area contributed by atoms with E-state index in [9.17, 15) is 4.79 Å². The quantitative estimate of drug-likeness (QED) is 0.670. The van der Waals surface area contributed by atoms with Crippen molar-refractivity contribution in [3.8, 4) is 0 Å². The van der Waals surface area contributed by atoms with Gasteiger partial charge in [0.25, 0.3) is 0 Å². The number of hydrogen-bond acceptors (Lipinski definition) is 1. The van der Waals surface area contributed by atoms with Crippen LogP contribution in [-0.4, -0.2) is 11.3 Å². The van der Waals surface area contributed by atoms with Gasteiger partial charge in [-0.1, -0.05) is 0 Å². The van der Waals surface area contributed by atoms with Crippen LogP contribution in [0.1, 0.15) is 16.1 Å². The Morgan fingerprint density at radius 1 is 1.78 bits per heavy atom. The molecule has 0 saturated heterocycles. The molecule has 2 nitrogen and oxygen atoms in total. The third kappa shape index (κ3) is 1.05. The summed E-state index contributed by atoms with van der Waals surface area (Å²) in [6.45, 7) is 1.92. The number of aromatic amines is 1. The zero-order valence-electron chi connectivity index (χ0n) is 4.94. The molecule has 0 radical (unpaired) electrons. The van der Waals surface area contributed by atoms with E-state index >= 15 is 0 Å². The first-order valence-electron chi connectivity index (χ1n) is 2.54. The van der Waals surface area contributed by atoms with E-state index in [-0.39, 0.29) is 0 Å². The molecule has 0 aliphatic rings. The maximum absolute atomic E-state index is 10.2. The topological polar surface area (TPSA) is 32.9 Å². The molecule has 1 aromatic heterocycles. The lowest BCUT2D eigenvalue weighted by molar-refractivity contribution is 0.111. The molecule has 0 fully saturated rings. The number of rotatable bonds is 1. The van der Waals surface area contributed by atoms with Crippen LogP contribution in [0.3, 0.4) is 0 Å². The van der Waals surface area contributed by atoms with E-state index in [1.165, 1.54) is 0 Å². The van der Waals surface area contributed by atoms with Gasteiger partial charge in [0.05, 0.1) is 5.69 Å². The number of nitrogens with one attached hydrogen (secondary N) is 1. The third-order valence-corrected chi connectivity index (χ3v) is 2.20. The van der Waals surface area contributed by atoms with Crippen LogP contribution < -0.4 is 0 Å². The number of aryl methyl sites for hydroxylation is 1. The number of halogens is 1. The van der Waals surface area contributed by atoms with E-state index in [0.29, 0.717) is 5.69 Å². The predicted octanol–water partition coefficient (Wildman–Crippen LogP) is 1.90. The van der Waals surface area contributed by atoms with Crippen LogP contribution in [0.15, 0.2) is 10.7 Å². The molecule has 0 aromatic carbocycles. The van der Waals surface area contributed by atoms with Gasteiger partial charge in [0.2, 0.25) is 0 Å². The van der Waals surface area contributed by atoms with Gasteiger partial charge in [0.1, 0.15) is 0 Å². The van der Waals surface area contributed by atoms with Crippen LogP contribution in [0.4, 0.5) is 0 Å². The lowest BCUT2D eigenvalue weighted by Crippen LogP contribution is -1.77. The van der Waals surface area contributed by atoms with Crippen molar-refractivity contribution >= 4 is 22.2 Å². The molecule has 1 N–H and O–H groups in total. The fourth-order valence-corrected chi connectivity index (χ4v) is 0.933. The van der Waals surface area contributed by atoms with Crippen LogP contribution in [0.2, 0.25) is 0 Å². The van der Waals surface area contributed by atoms with Crippen molar-refractivity contribution in [2.75, 3.05) is 0 Å². The van der Waals surface area contributed by atoms with Gasteiger partial charge >= 0.3 is 0 Å². The average Bonchev–Trinajstić information content (AvgIpc) is 2.15. The third-order valence-electron chi connectivity index (χ3n) is 1.14. The van der Waals surface area contributed by atoms with Crippen LogP contribution >= 0.6 is 15.9 Å². The van der Waals surface area contributed by atoms with Gasteiger partial charge < -0.3 is 4.98 Å². The molecular formula is C6H6BrNO. The van der Waals surface area contributed by atoms with Gasteiger partial charge in [-0.15, -0.1) is 0 Å². The summed E-state index contributed by atoms with van der Waals surface area (Å²) in [4.78, 5) is 13.0. The van der Waals surface area contributed by atoms with Gasteiger partial charge in [-0.25, -0.2) is 0 Å². The van der Waals surface area contributed by atoms with Crippen LogP contribution in [0.25, 0.3) is 0 Å². The molecule has 0 spiro atoms. The van der Waals surface area contributed by atoms with Crippen molar-refractivity contribution in [2.45, 2.75) is 6.92 Å². The highest BCUT2D eigenvalue weighted by molar-refractivity contribution is 9.10. The zero-order chi connectivity index (χ0) is 6.85. The maximum Gasteiger partial charge on any atom is 0.167 e. The Balaban J connectivity index is 3.18. The van der Waals surface area contributed by atoms with Gasteiger partial charge in [-0.3, -0.25) is 4.79 Å². The second-order valence-electron chi connectivity index (χ2n) is 1.82. The largest absolute Gasteiger partial charge is 0.358 e. The number of aromatic nitrogens is 1. The Hall–Kier alpha value is -0.570. The zero-order valence-corrected chi connectivity index (χ0v) is 6.53. The standard InChI is InChI=1S/C6H6BrNO/c1-4-2-8-5(3-9)6(4)7/h2-3,8H,1H3. The molecule has 9 heavy (non-hydrogen) atoms. The fourth-order valence-electron chi connectivity index (χ4n) is 0.611. The lowest BCUT2D eigenvalue weighted by atomic mass is 10.3. The van der Waals surface area contributed by atoms with E-state index in [1.807, 2.05) is 6.92 Å². The highest BCUT2D eigenvalue weighted by atomic mass is 79.9. The van der Waals surface area contributed by atoms with Crippen LogP contribution in [-0.2, 0) is 0 Å². The molecule has 0 aliphatic heterocycles. The first-order chi connectivity index (χ1) is 4.25. The van der Waals surface area contributed by atoms with Crippen molar-refractivity contribution in [3.63, 3.8) is 0 Å². The van der Waals surface area contributed by atoms with Crippen molar-refractivity contribution in [1.82, 2.24) is 4.98 Å². The number of carbonyl (C=O) groups excluding carboxylic acids is 1. The average molecular weight is 188 g/mol. The first kappa shape index (κ1) is 6.55. The lowest BCUT2D eigenvalue weighted by Gasteiger charge is -1.83. The molecule has 1 rings (SSSR count). The van der Waals surface area contributed by atoms with Crippen molar-refractivity contribution in [2.24, 2.45) is 0 Å². The SMILES string of the molecule is Cc1c[nH]c(C=O)c1Br. The number of aldehydes is 1. The van der Waals surface area contributed by atoms with Gasteiger partial charge in [-0.05, 0) is 28.4 Å². The molecule has 0 saturated carbocycles. The minimum absolute atomic E-state index is 0.604. The Kier molecular flexibility index (Phi) is 1.71. The van der Waals surface area contributed by atoms with E-state index in [1.54, 1.807) is 6.20 Å². The summed E-state index contributed by atoms with van der Waals surface area (Å²) in [5, 5.41) is 0. The van der Waals surface area contributed by atoms with Gasteiger partial charge in [-0.2, -0.15) is 0 Å². The normalized spacial score (nSPS) is 9.56. The summed E-state index contributed by atoms with van der Waals surface area (Å²) in [5.74, 6) is 0. The van der Waals surface area contributed by atoms with E-state index in [0.717, 1.165) is 16.3 Å². The van der Waals surface area contributed by atoms with Gasteiger partial charge in [0.15, 0.2) is 6.29 Å². The number of H-pyrrole nitrogens is 1. The molecule has 0 unspecified atom stereocenters. The Morgan fingerprint density at radius 3 is 2.67 bits per heavy atom. The maximum atomic E-state index is 10.2. The van der Waals surface area contributed by atoms with Crippen molar-refractivity contribution in [3.05, 3.63) is 21.9 Å². The Labute approximate surface area is 61.4 Å². The smallest absolute Gasteiger partial charge is 0.167 e.